The van der Waals surface area contributed by atoms with Crippen LogP contribution in [-0.4, -0.2) is 30.7 Å². The first kappa shape index (κ1) is 19.6. The molecule has 0 spiro atoms. The van der Waals surface area contributed by atoms with E-state index in [0.29, 0.717) is 35.7 Å². The van der Waals surface area contributed by atoms with Crippen LogP contribution in [0.5, 0.6) is 0 Å². The molecule has 2 aromatic heterocycles. The van der Waals surface area contributed by atoms with Gasteiger partial charge in [-0.1, -0.05) is 48.0 Å². The van der Waals surface area contributed by atoms with E-state index in [1.54, 1.807) is 21.4 Å². The molecule has 4 rings (SSSR count). The maximum atomic E-state index is 12.9. The van der Waals surface area contributed by atoms with Gasteiger partial charge in [-0.05, 0) is 43.0 Å². The van der Waals surface area contributed by atoms with Crippen molar-refractivity contribution >= 4 is 40.5 Å². The van der Waals surface area contributed by atoms with E-state index in [9.17, 15) is 4.79 Å². The summed E-state index contributed by atoms with van der Waals surface area (Å²) in [5.74, 6) is 0.504. The summed E-state index contributed by atoms with van der Waals surface area (Å²) in [6.45, 7) is 5.23. The summed E-state index contributed by atoms with van der Waals surface area (Å²) in [6.07, 6.45) is 1.68. The van der Waals surface area contributed by atoms with Crippen LogP contribution >= 0.6 is 23.8 Å². The maximum Gasteiger partial charge on any atom is 0.263 e. The van der Waals surface area contributed by atoms with Crippen molar-refractivity contribution in [3.63, 3.8) is 0 Å². The van der Waals surface area contributed by atoms with Crippen molar-refractivity contribution in [3.05, 3.63) is 86.9 Å². The molecule has 0 atom stereocenters. The number of hydrogen-bond donors (Lipinski definition) is 0. The monoisotopic (exact) mass is 425 g/mol. The van der Waals surface area contributed by atoms with Gasteiger partial charge in [-0.3, -0.25) is 18.7 Å². The third kappa shape index (κ3) is 3.53. The number of fused-ring (bicyclic) bond motifs is 3. The summed E-state index contributed by atoms with van der Waals surface area (Å²) in [4.78, 5) is 15.0. The van der Waals surface area contributed by atoms with E-state index in [-0.39, 0.29) is 5.56 Å². The van der Waals surface area contributed by atoms with Crippen LogP contribution in [0.1, 0.15) is 5.56 Å². The molecule has 0 radical (unpaired) electrons. The van der Waals surface area contributed by atoms with Crippen LogP contribution in [-0.2, 0) is 19.8 Å². The average Bonchev–Trinajstić information content (AvgIpc) is 3.03. The SMILES string of the molecule is C=CCn1c(=O)c2ccccc2n2c(=S)n(CN(C)Cc3ccccc3Cl)nc12. The number of allylic oxidation sites excluding steroid dienone is 1. The lowest BCUT2D eigenvalue weighted by atomic mass is 10.2. The molecule has 0 aliphatic carbocycles. The zero-order valence-electron chi connectivity index (χ0n) is 16.0. The lowest BCUT2D eigenvalue weighted by Gasteiger charge is -2.17. The Labute approximate surface area is 177 Å². The van der Waals surface area contributed by atoms with E-state index in [1.165, 1.54) is 0 Å². The molecule has 0 N–H and O–H groups in total. The topological polar surface area (TPSA) is 47.5 Å². The van der Waals surface area contributed by atoms with Crippen molar-refractivity contribution in [2.45, 2.75) is 19.8 Å². The molecule has 0 bridgehead atoms. The van der Waals surface area contributed by atoms with Crippen LogP contribution in [0, 0.1) is 4.77 Å². The Bertz CT molecular complexity index is 1340. The van der Waals surface area contributed by atoms with Gasteiger partial charge >= 0.3 is 0 Å². The molecule has 2 heterocycles. The van der Waals surface area contributed by atoms with Crippen molar-refractivity contribution in [2.75, 3.05) is 7.05 Å². The van der Waals surface area contributed by atoms with Gasteiger partial charge in [-0.25, -0.2) is 4.68 Å². The van der Waals surface area contributed by atoms with Gasteiger partial charge in [0.1, 0.15) is 0 Å². The molecule has 0 saturated heterocycles. The lowest BCUT2D eigenvalue weighted by molar-refractivity contribution is 0.244. The number of benzene rings is 2. The van der Waals surface area contributed by atoms with Gasteiger partial charge in [0.2, 0.25) is 10.5 Å². The predicted octanol–water partition coefficient (Wildman–Crippen LogP) is 4.11. The zero-order valence-corrected chi connectivity index (χ0v) is 17.5. The largest absolute Gasteiger partial charge is 0.283 e. The Hall–Kier alpha value is -2.74. The molecule has 148 valence electrons. The average molecular weight is 426 g/mol. The minimum atomic E-state index is -0.107. The quantitative estimate of drug-likeness (QED) is 0.344. The zero-order chi connectivity index (χ0) is 20.5. The smallest absolute Gasteiger partial charge is 0.263 e. The van der Waals surface area contributed by atoms with Crippen LogP contribution in [0.3, 0.4) is 0 Å². The number of hydrogen-bond acceptors (Lipinski definition) is 4. The minimum Gasteiger partial charge on any atom is -0.283 e. The fourth-order valence-electron chi connectivity index (χ4n) is 3.45. The number of rotatable bonds is 6. The predicted molar refractivity (Wildman–Crippen MR) is 119 cm³/mol. The van der Waals surface area contributed by atoms with E-state index < -0.39 is 0 Å². The van der Waals surface area contributed by atoms with Crippen LogP contribution in [0.25, 0.3) is 16.7 Å². The number of aromatic nitrogens is 4. The van der Waals surface area contributed by atoms with Gasteiger partial charge in [0.05, 0.1) is 17.6 Å². The number of nitrogens with zero attached hydrogens (tertiary/aromatic N) is 5. The van der Waals surface area contributed by atoms with Crippen molar-refractivity contribution in [2.24, 2.45) is 0 Å². The Kier molecular flexibility index (Phi) is 5.36. The van der Waals surface area contributed by atoms with Crippen LogP contribution in [0.4, 0.5) is 0 Å². The summed E-state index contributed by atoms with van der Waals surface area (Å²) >= 11 is 12.0. The van der Waals surface area contributed by atoms with Gasteiger partial charge in [0, 0.05) is 18.1 Å². The van der Waals surface area contributed by atoms with Gasteiger partial charge < -0.3 is 0 Å². The van der Waals surface area contributed by atoms with E-state index in [1.807, 2.05) is 53.9 Å². The van der Waals surface area contributed by atoms with Crippen molar-refractivity contribution in [3.8, 4) is 0 Å². The molecule has 8 heteroatoms. The Morgan fingerprint density at radius 1 is 1.21 bits per heavy atom. The molecule has 0 aliphatic heterocycles. The summed E-state index contributed by atoms with van der Waals surface area (Å²) in [6, 6.07) is 15.2. The summed E-state index contributed by atoms with van der Waals surface area (Å²) in [5.41, 5.74) is 1.67. The second-order valence-corrected chi connectivity index (χ2v) is 7.66. The van der Waals surface area contributed by atoms with Crippen molar-refractivity contribution < 1.29 is 0 Å². The van der Waals surface area contributed by atoms with Crippen molar-refractivity contribution in [1.29, 1.82) is 0 Å². The standard InChI is InChI=1S/C21H20ClN5OS/c1-3-12-25-19(28)16-9-5-7-11-18(16)27-20(25)23-26(21(27)29)14-24(2)13-15-8-4-6-10-17(15)22/h3-11H,1,12-14H2,2H3. The molecule has 0 amide bonds. The summed E-state index contributed by atoms with van der Waals surface area (Å²) < 4.78 is 5.70. The van der Waals surface area contributed by atoms with E-state index in [4.69, 9.17) is 23.8 Å². The maximum absolute atomic E-state index is 12.9. The molecule has 6 nitrogen and oxygen atoms in total. The fourth-order valence-corrected chi connectivity index (χ4v) is 3.92. The van der Waals surface area contributed by atoms with Gasteiger partial charge in [-0.2, -0.15) is 0 Å². The van der Waals surface area contributed by atoms with Gasteiger partial charge in [-0.15, -0.1) is 11.7 Å². The normalized spacial score (nSPS) is 11.6. The minimum absolute atomic E-state index is 0.107. The Morgan fingerprint density at radius 2 is 1.93 bits per heavy atom. The molecular formula is C21H20ClN5OS. The summed E-state index contributed by atoms with van der Waals surface area (Å²) in [7, 11) is 1.98. The van der Waals surface area contributed by atoms with E-state index >= 15 is 0 Å². The van der Waals surface area contributed by atoms with Crippen LogP contribution in [0.2, 0.25) is 5.02 Å². The second kappa shape index (κ2) is 7.94. The first-order valence-electron chi connectivity index (χ1n) is 9.15. The second-order valence-electron chi connectivity index (χ2n) is 6.89. The van der Waals surface area contributed by atoms with Crippen molar-refractivity contribution in [1.82, 2.24) is 23.6 Å². The molecule has 0 unspecified atom stereocenters. The molecular weight excluding hydrogens is 406 g/mol. The van der Waals surface area contributed by atoms with Crippen LogP contribution < -0.4 is 5.56 Å². The van der Waals surface area contributed by atoms with E-state index in [2.05, 4.69) is 16.6 Å². The molecule has 4 aromatic rings. The first-order chi connectivity index (χ1) is 14.0. The van der Waals surface area contributed by atoms with Gasteiger partial charge in [0.15, 0.2) is 0 Å². The Balaban J connectivity index is 1.81. The highest BCUT2D eigenvalue weighted by Gasteiger charge is 2.16. The number of halogens is 1. The highest BCUT2D eigenvalue weighted by atomic mass is 35.5. The highest BCUT2D eigenvalue weighted by molar-refractivity contribution is 7.71. The molecule has 29 heavy (non-hydrogen) atoms. The summed E-state index contributed by atoms with van der Waals surface area (Å²) in [5, 5.41) is 5.99. The lowest BCUT2D eigenvalue weighted by Crippen LogP contribution is -2.23. The third-order valence-electron chi connectivity index (χ3n) is 4.77. The molecule has 2 aromatic carbocycles. The molecule has 0 saturated carbocycles. The Morgan fingerprint density at radius 3 is 2.69 bits per heavy atom. The van der Waals surface area contributed by atoms with Crippen LogP contribution in [0.15, 0.2) is 66.0 Å². The first-order valence-corrected chi connectivity index (χ1v) is 9.94. The van der Waals surface area contributed by atoms with E-state index in [0.717, 1.165) is 16.1 Å². The molecule has 0 fully saturated rings. The van der Waals surface area contributed by atoms with Gasteiger partial charge in [0.25, 0.3) is 5.56 Å². The number of para-hydroxylation sites is 1. The third-order valence-corrected chi connectivity index (χ3v) is 5.53. The molecule has 0 aliphatic rings. The highest BCUT2D eigenvalue weighted by Crippen LogP contribution is 2.18. The fraction of sp³-hybridized carbons (Fsp3) is 0.190.